The van der Waals surface area contributed by atoms with E-state index in [4.69, 9.17) is 15.2 Å². The summed E-state index contributed by atoms with van der Waals surface area (Å²) in [6, 6.07) is 2.84. The van der Waals surface area contributed by atoms with E-state index in [1.807, 2.05) is 0 Å². The lowest BCUT2D eigenvalue weighted by molar-refractivity contribution is -0.423. The first kappa shape index (κ1) is 18.5. The quantitative estimate of drug-likeness (QED) is 0.453. The van der Waals surface area contributed by atoms with Crippen LogP contribution in [-0.4, -0.2) is 40.7 Å². The zero-order valence-corrected chi connectivity index (χ0v) is 14.2. The maximum Gasteiger partial charge on any atom is 0.393 e. The summed E-state index contributed by atoms with van der Waals surface area (Å²) in [6.07, 6.45) is 1.05. The Bertz CT molecular complexity index is 1070. The summed E-state index contributed by atoms with van der Waals surface area (Å²) in [4.78, 5) is 33.5. The first-order valence-electron chi connectivity index (χ1n) is 7.56. The van der Waals surface area contributed by atoms with E-state index in [0.29, 0.717) is 0 Å². The van der Waals surface area contributed by atoms with Gasteiger partial charge in [0.2, 0.25) is 5.75 Å². The zero-order valence-electron chi connectivity index (χ0n) is 14.2. The molecule has 0 saturated carbocycles. The maximum atomic E-state index is 12.2. The lowest BCUT2D eigenvalue weighted by atomic mass is 10.1. The molecule has 0 amide bonds. The molecule has 0 bridgehead atoms. The van der Waals surface area contributed by atoms with E-state index in [2.05, 4.69) is 4.74 Å². The number of nitriles is 1. The van der Waals surface area contributed by atoms with E-state index in [1.165, 1.54) is 0 Å². The van der Waals surface area contributed by atoms with Gasteiger partial charge in [0, 0.05) is 12.3 Å². The smallest absolute Gasteiger partial charge is 0.393 e. The molecular formula is C15H11N5O8. The third-order valence-corrected chi connectivity index (χ3v) is 3.93. The van der Waals surface area contributed by atoms with Crippen molar-refractivity contribution in [1.29, 1.82) is 5.26 Å². The number of fused-ring (bicyclic) bond motifs is 1. The summed E-state index contributed by atoms with van der Waals surface area (Å²) in [7, 11) is 1.05. The van der Waals surface area contributed by atoms with E-state index < -0.39 is 44.3 Å². The number of nitrogen functional groups attached to an aromatic ring is 1. The molecule has 0 aliphatic carbocycles. The number of rotatable bonds is 4. The molecule has 144 valence electrons. The summed E-state index contributed by atoms with van der Waals surface area (Å²) in [6.45, 7) is 0.0231. The fraction of sp³-hybridized carbons (Fsp3) is 0.200. The summed E-state index contributed by atoms with van der Waals surface area (Å²) < 4.78 is 16.0. The maximum absolute atomic E-state index is 12.2. The molecule has 0 unspecified atom stereocenters. The van der Waals surface area contributed by atoms with E-state index >= 15 is 0 Å². The molecule has 1 aliphatic rings. The minimum atomic E-state index is -0.995. The number of aromatic nitrogens is 1. The molecule has 2 aromatic rings. The first-order valence-corrected chi connectivity index (χ1v) is 7.56. The number of carbonyl (C=O) groups is 1. The molecule has 0 saturated heterocycles. The van der Waals surface area contributed by atoms with E-state index in [0.717, 1.165) is 23.9 Å². The van der Waals surface area contributed by atoms with Crippen LogP contribution < -0.4 is 15.2 Å². The third kappa shape index (κ3) is 2.69. The molecule has 2 N–H and O–H groups in total. The Kier molecular flexibility index (Phi) is 4.45. The van der Waals surface area contributed by atoms with E-state index in [1.54, 1.807) is 6.07 Å². The number of hydrogen-bond acceptors (Lipinski definition) is 10. The molecular weight excluding hydrogens is 378 g/mol. The molecule has 1 aliphatic heterocycles. The monoisotopic (exact) mass is 389 g/mol. The molecule has 1 aromatic carbocycles. The van der Waals surface area contributed by atoms with Gasteiger partial charge in [-0.1, -0.05) is 0 Å². The third-order valence-electron chi connectivity index (χ3n) is 3.93. The standard InChI is InChI=1S/C15H11N5O8/c1-26-15(21)12-10(17)7(5-16)6-18(12)8-4-9-14(28-3-2-27-9)13(20(24)25)11(8)19(22)23/h4,6H,2-3,17H2,1H3. The number of nitro groups is 2. The van der Waals surface area contributed by atoms with Gasteiger partial charge in [-0.15, -0.1) is 0 Å². The summed E-state index contributed by atoms with van der Waals surface area (Å²) >= 11 is 0. The highest BCUT2D eigenvalue weighted by Gasteiger charge is 2.40. The van der Waals surface area contributed by atoms with Crippen molar-refractivity contribution in [2.45, 2.75) is 0 Å². The Hall–Kier alpha value is -4.34. The van der Waals surface area contributed by atoms with Crippen molar-refractivity contribution in [2.24, 2.45) is 0 Å². The fourth-order valence-electron chi connectivity index (χ4n) is 2.78. The summed E-state index contributed by atoms with van der Waals surface area (Å²) in [5, 5.41) is 32.5. The number of esters is 1. The average Bonchev–Trinajstić information content (AvgIpc) is 3.01. The molecule has 13 nitrogen and oxygen atoms in total. The van der Waals surface area contributed by atoms with Gasteiger partial charge in [-0.2, -0.15) is 5.26 Å². The highest BCUT2D eigenvalue weighted by molar-refractivity contribution is 5.96. The van der Waals surface area contributed by atoms with Crippen LogP contribution in [0.2, 0.25) is 0 Å². The lowest BCUT2D eigenvalue weighted by Crippen LogP contribution is -2.18. The van der Waals surface area contributed by atoms with Gasteiger partial charge in [-0.05, 0) is 0 Å². The number of anilines is 1. The second-order valence-corrected chi connectivity index (χ2v) is 5.41. The number of nitro benzene ring substituents is 2. The average molecular weight is 389 g/mol. The number of nitrogens with zero attached hydrogens (tertiary/aromatic N) is 4. The van der Waals surface area contributed by atoms with Crippen LogP contribution in [0, 0.1) is 31.6 Å². The van der Waals surface area contributed by atoms with Crippen LogP contribution in [0.3, 0.4) is 0 Å². The number of hydrogen-bond donors (Lipinski definition) is 1. The van der Waals surface area contributed by atoms with Gasteiger partial charge in [0.25, 0.3) is 0 Å². The van der Waals surface area contributed by atoms with Crippen LogP contribution in [0.25, 0.3) is 5.69 Å². The van der Waals surface area contributed by atoms with Gasteiger partial charge in [0.15, 0.2) is 11.4 Å². The van der Waals surface area contributed by atoms with Crippen LogP contribution in [0.4, 0.5) is 17.1 Å². The second-order valence-electron chi connectivity index (χ2n) is 5.41. The Morgan fingerprint density at radius 3 is 2.50 bits per heavy atom. The molecule has 0 atom stereocenters. The minimum absolute atomic E-state index is 0.0349. The van der Waals surface area contributed by atoms with Crippen LogP contribution >= 0.6 is 0 Å². The van der Waals surface area contributed by atoms with Crippen LogP contribution in [0.1, 0.15) is 16.1 Å². The number of carbonyl (C=O) groups excluding carboxylic acids is 1. The SMILES string of the molecule is COC(=O)c1c(N)c(C#N)cn1-c1cc2c(c([N+](=O)[O-])c1[N+](=O)[O-])OCCO2. The van der Waals surface area contributed by atoms with Crippen molar-refractivity contribution < 1.29 is 28.9 Å². The molecule has 3 rings (SSSR count). The van der Waals surface area contributed by atoms with Crippen LogP contribution in [0.15, 0.2) is 12.3 Å². The number of ether oxygens (including phenoxy) is 3. The summed E-state index contributed by atoms with van der Waals surface area (Å²) in [5.74, 6) is -1.52. The van der Waals surface area contributed by atoms with Gasteiger partial charge < -0.3 is 24.5 Å². The van der Waals surface area contributed by atoms with Gasteiger partial charge in [-0.25, -0.2) is 4.79 Å². The summed E-state index contributed by atoms with van der Waals surface area (Å²) in [5.41, 5.74) is 2.61. The van der Waals surface area contributed by atoms with Crippen molar-refractivity contribution >= 4 is 23.0 Å². The predicted octanol–water partition coefficient (Wildman–Crippen LogP) is 1.31. The highest BCUT2D eigenvalue weighted by Crippen LogP contribution is 2.49. The largest absolute Gasteiger partial charge is 0.486 e. The molecule has 0 spiro atoms. The number of benzene rings is 1. The molecule has 0 fully saturated rings. The topological polar surface area (TPSA) is 186 Å². The molecule has 13 heteroatoms. The van der Waals surface area contributed by atoms with Gasteiger partial charge in [-0.3, -0.25) is 20.2 Å². The highest BCUT2D eigenvalue weighted by atomic mass is 16.6. The van der Waals surface area contributed by atoms with Gasteiger partial charge in [0.1, 0.15) is 25.0 Å². The van der Waals surface area contributed by atoms with E-state index in [9.17, 15) is 30.3 Å². The van der Waals surface area contributed by atoms with Crippen molar-refractivity contribution in [3.05, 3.63) is 43.7 Å². The lowest BCUT2D eigenvalue weighted by Gasteiger charge is -2.19. The molecule has 2 heterocycles. The Morgan fingerprint density at radius 2 is 1.93 bits per heavy atom. The minimum Gasteiger partial charge on any atom is -0.486 e. The first-order chi connectivity index (χ1) is 13.3. The van der Waals surface area contributed by atoms with Crippen molar-refractivity contribution in [3.8, 4) is 23.3 Å². The molecule has 28 heavy (non-hydrogen) atoms. The zero-order chi connectivity index (χ0) is 20.6. The van der Waals surface area contributed by atoms with Crippen molar-refractivity contribution in [2.75, 3.05) is 26.1 Å². The van der Waals surface area contributed by atoms with Gasteiger partial charge in [0.05, 0.1) is 28.2 Å². The van der Waals surface area contributed by atoms with Crippen LogP contribution in [0.5, 0.6) is 11.5 Å². The van der Waals surface area contributed by atoms with Crippen molar-refractivity contribution in [1.82, 2.24) is 4.57 Å². The van der Waals surface area contributed by atoms with Gasteiger partial charge >= 0.3 is 17.3 Å². The number of methoxy groups -OCH3 is 1. The van der Waals surface area contributed by atoms with Crippen molar-refractivity contribution in [3.63, 3.8) is 0 Å². The fourth-order valence-corrected chi connectivity index (χ4v) is 2.78. The predicted molar refractivity (Wildman–Crippen MR) is 90.5 cm³/mol. The Labute approximate surface area is 155 Å². The second kappa shape index (κ2) is 6.76. The molecule has 0 radical (unpaired) electrons. The Morgan fingerprint density at radius 1 is 1.29 bits per heavy atom. The molecule has 1 aromatic heterocycles. The number of nitrogens with two attached hydrogens (primary N) is 1. The van der Waals surface area contributed by atoms with E-state index in [-0.39, 0.29) is 30.2 Å². The normalized spacial score (nSPS) is 12.1. The Balaban J connectivity index is 2.46. The van der Waals surface area contributed by atoms with Crippen LogP contribution in [-0.2, 0) is 4.74 Å².